The lowest BCUT2D eigenvalue weighted by molar-refractivity contribution is -0.121. The summed E-state index contributed by atoms with van der Waals surface area (Å²) < 4.78 is 12.8. The van der Waals surface area contributed by atoms with Crippen molar-refractivity contribution in [1.82, 2.24) is 10.3 Å². The first kappa shape index (κ1) is 17.3. The minimum Gasteiger partial charge on any atom is -0.353 e. The second-order valence-corrected chi connectivity index (χ2v) is 6.81. The highest BCUT2D eigenvalue weighted by Gasteiger charge is 2.18. The van der Waals surface area contributed by atoms with E-state index in [1.165, 1.54) is 48.4 Å². The van der Waals surface area contributed by atoms with Crippen LogP contribution in [0.25, 0.3) is 0 Å². The zero-order valence-electron chi connectivity index (χ0n) is 13.5. The Morgan fingerprint density at radius 2 is 1.88 bits per heavy atom. The van der Waals surface area contributed by atoms with Crippen LogP contribution in [0.5, 0.6) is 0 Å². The number of nitrogens with one attached hydrogen (secondary N) is 3. The zero-order valence-corrected chi connectivity index (χ0v) is 14.4. The minimum atomic E-state index is -0.470. The third kappa shape index (κ3) is 5.25. The Balaban J connectivity index is 1.48. The van der Waals surface area contributed by atoms with Crippen LogP contribution in [0.4, 0.5) is 20.0 Å². The molecule has 1 aromatic heterocycles. The monoisotopic (exact) mass is 362 g/mol. The van der Waals surface area contributed by atoms with Crippen LogP contribution < -0.4 is 16.0 Å². The van der Waals surface area contributed by atoms with Gasteiger partial charge in [-0.2, -0.15) is 0 Å². The van der Waals surface area contributed by atoms with Gasteiger partial charge in [0.25, 0.3) is 0 Å². The van der Waals surface area contributed by atoms with Gasteiger partial charge < -0.3 is 10.6 Å². The SMILES string of the molecule is O=C(Cc1csc(NC(=O)Nc2ccc(F)cc2)n1)NC1CCCC1. The van der Waals surface area contributed by atoms with E-state index in [9.17, 15) is 14.0 Å². The number of rotatable bonds is 5. The van der Waals surface area contributed by atoms with Gasteiger partial charge in [0.1, 0.15) is 5.82 Å². The Morgan fingerprint density at radius 1 is 1.16 bits per heavy atom. The van der Waals surface area contributed by atoms with E-state index in [0.717, 1.165) is 12.8 Å². The number of benzene rings is 1. The molecule has 6 nitrogen and oxygen atoms in total. The maximum absolute atomic E-state index is 12.8. The molecule has 25 heavy (non-hydrogen) atoms. The molecule has 1 fully saturated rings. The largest absolute Gasteiger partial charge is 0.353 e. The van der Waals surface area contributed by atoms with Gasteiger partial charge in [-0.3, -0.25) is 10.1 Å². The average molecular weight is 362 g/mol. The molecule has 0 radical (unpaired) electrons. The van der Waals surface area contributed by atoms with Crippen molar-refractivity contribution in [1.29, 1.82) is 0 Å². The Kier molecular flexibility index (Phi) is 5.60. The zero-order chi connectivity index (χ0) is 17.6. The summed E-state index contributed by atoms with van der Waals surface area (Å²) in [6.45, 7) is 0. The summed E-state index contributed by atoms with van der Waals surface area (Å²) in [7, 11) is 0. The molecule has 0 spiro atoms. The molecule has 3 N–H and O–H groups in total. The van der Waals surface area contributed by atoms with Crippen LogP contribution in [0.2, 0.25) is 0 Å². The quantitative estimate of drug-likeness (QED) is 0.761. The highest BCUT2D eigenvalue weighted by Crippen LogP contribution is 2.19. The van der Waals surface area contributed by atoms with Crippen molar-refractivity contribution in [2.24, 2.45) is 0 Å². The molecule has 3 rings (SSSR count). The molecule has 1 aliphatic rings. The van der Waals surface area contributed by atoms with Crippen molar-refractivity contribution in [3.8, 4) is 0 Å². The number of hydrogen-bond acceptors (Lipinski definition) is 4. The lowest BCUT2D eigenvalue weighted by atomic mass is 10.2. The second kappa shape index (κ2) is 8.06. The second-order valence-electron chi connectivity index (χ2n) is 5.96. The van der Waals surface area contributed by atoms with E-state index in [1.807, 2.05) is 0 Å². The van der Waals surface area contributed by atoms with Gasteiger partial charge in [-0.15, -0.1) is 11.3 Å². The topological polar surface area (TPSA) is 83.1 Å². The van der Waals surface area contributed by atoms with Gasteiger partial charge in [-0.25, -0.2) is 14.2 Å². The van der Waals surface area contributed by atoms with Gasteiger partial charge in [0.15, 0.2) is 5.13 Å². The number of nitrogens with zero attached hydrogens (tertiary/aromatic N) is 1. The third-order valence-corrected chi connectivity index (χ3v) is 4.74. The molecular weight excluding hydrogens is 343 g/mol. The Hall–Kier alpha value is -2.48. The van der Waals surface area contributed by atoms with E-state index in [0.29, 0.717) is 16.5 Å². The number of anilines is 2. The lowest BCUT2D eigenvalue weighted by Gasteiger charge is -2.10. The predicted molar refractivity (Wildman–Crippen MR) is 95.3 cm³/mol. The molecule has 8 heteroatoms. The first-order chi connectivity index (χ1) is 12.1. The number of amides is 3. The lowest BCUT2D eigenvalue weighted by Crippen LogP contribution is -2.33. The van der Waals surface area contributed by atoms with E-state index in [2.05, 4.69) is 20.9 Å². The fourth-order valence-electron chi connectivity index (χ4n) is 2.75. The number of hydrogen-bond donors (Lipinski definition) is 3. The summed E-state index contributed by atoms with van der Waals surface area (Å²) in [6, 6.07) is 5.28. The van der Waals surface area contributed by atoms with Gasteiger partial charge in [0, 0.05) is 17.1 Å². The number of thiazole rings is 1. The molecule has 0 bridgehead atoms. The maximum Gasteiger partial charge on any atom is 0.325 e. The predicted octanol–water partition coefficient (Wildman–Crippen LogP) is 3.53. The summed E-state index contributed by atoms with van der Waals surface area (Å²) in [6.07, 6.45) is 4.62. The van der Waals surface area contributed by atoms with E-state index in [1.54, 1.807) is 5.38 Å². The molecule has 1 heterocycles. The van der Waals surface area contributed by atoms with Crippen molar-refractivity contribution in [2.45, 2.75) is 38.1 Å². The fourth-order valence-corrected chi connectivity index (χ4v) is 3.46. The Labute approximate surface area is 148 Å². The van der Waals surface area contributed by atoms with Crippen LogP contribution >= 0.6 is 11.3 Å². The molecule has 1 aromatic carbocycles. The van der Waals surface area contributed by atoms with Crippen LogP contribution in [-0.4, -0.2) is 23.0 Å². The van der Waals surface area contributed by atoms with Crippen LogP contribution in [0.1, 0.15) is 31.4 Å². The third-order valence-electron chi connectivity index (χ3n) is 3.94. The van der Waals surface area contributed by atoms with Gasteiger partial charge in [0.2, 0.25) is 5.91 Å². The van der Waals surface area contributed by atoms with Crippen LogP contribution in [0, 0.1) is 5.82 Å². The van der Waals surface area contributed by atoms with Crippen molar-refractivity contribution >= 4 is 34.1 Å². The van der Waals surface area contributed by atoms with Crippen molar-refractivity contribution in [3.63, 3.8) is 0 Å². The summed E-state index contributed by atoms with van der Waals surface area (Å²) >= 11 is 1.25. The summed E-state index contributed by atoms with van der Waals surface area (Å²) in [4.78, 5) is 28.1. The summed E-state index contributed by atoms with van der Waals surface area (Å²) in [5.41, 5.74) is 1.10. The molecule has 0 atom stereocenters. The molecule has 2 aromatic rings. The van der Waals surface area contributed by atoms with E-state index in [-0.39, 0.29) is 24.2 Å². The molecule has 0 aliphatic heterocycles. The van der Waals surface area contributed by atoms with E-state index in [4.69, 9.17) is 0 Å². The number of carbonyl (C=O) groups is 2. The van der Waals surface area contributed by atoms with Crippen LogP contribution in [0.3, 0.4) is 0 Å². The molecule has 0 unspecified atom stereocenters. The van der Waals surface area contributed by atoms with Crippen molar-refractivity contribution in [3.05, 3.63) is 41.2 Å². The Morgan fingerprint density at radius 3 is 2.60 bits per heavy atom. The fraction of sp³-hybridized carbons (Fsp3) is 0.353. The number of aromatic nitrogens is 1. The van der Waals surface area contributed by atoms with Crippen LogP contribution in [-0.2, 0) is 11.2 Å². The van der Waals surface area contributed by atoms with Gasteiger partial charge in [0.05, 0.1) is 12.1 Å². The van der Waals surface area contributed by atoms with Crippen LogP contribution in [0.15, 0.2) is 29.6 Å². The standard InChI is InChI=1S/C17H19FN4O2S/c18-11-5-7-13(8-6-11)20-16(24)22-17-21-14(10-25-17)9-15(23)19-12-3-1-2-4-12/h5-8,10,12H,1-4,9H2,(H,19,23)(H2,20,21,22,24). The first-order valence-corrected chi connectivity index (χ1v) is 9.04. The highest BCUT2D eigenvalue weighted by atomic mass is 32.1. The summed E-state index contributed by atoms with van der Waals surface area (Å²) in [5, 5.41) is 10.4. The number of carbonyl (C=O) groups excluding carboxylic acids is 2. The highest BCUT2D eigenvalue weighted by molar-refractivity contribution is 7.14. The van der Waals surface area contributed by atoms with E-state index < -0.39 is 6.03 Å². The normalized spacial score (nSPS) is 14.3. The van der Waals surface area contributed by atoms with Gasteiger partial charge in [-0.1, -0.05) is 12.8 Å². The molecule has 1 aliphatic carbocycles. The Bertz CT molecular complexity index is 741. The summed E-state index contributed by atoms with van der Waals surface area (Å²) in [5.74, 6) is -0.411. The van der Waals surface area contributed by atoms with Gasteiger partial charge in [-0.05, 0) is 37.1 Å². The maximum atomic E-state index is 12.8. The average Bonchev–Trinajstić information content (AvgIpc) is 3.22. The first-order valence-electron chi connectivity index (χ1n) is 8.16. The minimum absolute atomic E-state index is 0.0421. The smallest absolute Gasteiger partial charge is 0.325 e. The number of halogens is 1. The number of urea groups is 1. The molecule has 1 saturated carbocycles. The van der Waals surface area contributed by atoms with Crippen molar-refractivity contribution < 1.29 is 14.0 Å². The molecule has 3 amide bonds. The van der Waals surface area contributed by atoms with E-state index >= 15 is 0 Å². The molecule has 132 valence electrons. The van der Waals surface area contributed by atoms with Crippen molar-refractivity contribution in [2.75, 3.05) is 10.6 Å². The van der Waals surface area contributed by atoms with Gasteiger partial charge >= 0.3 is 6.03 Å². The molecular formula is C17H19FN4O2S. The molecule has 0 saturated heterocycles.